The van der Waals surface area contributed by atoms with Gasteiger partial charge in [-0.25, -0.2) is 15.1 Å². The van der Waals surface area contributed by atoms with Crippen LogP contribution < -0.4 is 16.1 Å². The van der Waals surface area contributed by atoms with Gasteiger partial charge in [-0.3, -0.25) is 19.7 Å². The standard InChI is InChI=1S/C20H28N6O8S/c1-18(2,3)32-15(29)20(7-8-20)34-24-11(14(28)21-10-9-31-25-13(10)27)12-22-16(35-26-12)23-17(30)33-19(4,5)6/h10H,7-9H2,1-6H3,(H,21,28)(H,25,27)(H,22,23,26,30)/b24-11-/t10-/m0/s1. The van der Waals surface area contributed by atoms with Gasteiger partial charge in [0.25, 0.3) is 11.8 Å². The van der Waals surface area contributed by atoms with E-state index in [1.807, 2.05) is 0 Å². The first-order chi connectivity index (χ1) is 16.2. The van der Waals surface area contributed by atoms with Gasteiger partial charge in [0.05, 0.1) is 0 Å². The molecule has 35 heavy (non-hydrogen) atoms. The number of esters is 1. The molecule has 3 amide bonds. The first-order valence-electron chi connectivity index (χ1n) is 10.7. The predicted molar refractivity (Wildman–Crippen MR) is 121 cm³/mol. The lowest BCUT2D eigenvalue weighted by atomic mass is 10.2. The van der Waals surface area contributed by atoms with E-state index in [0.29, 0.717) is 12.8 Å². The van der Waals surface area contributed by atoms with Gasteiger partial charge < -0.3 is 19.6 Å². The maximum atomic E-state index is 12.9. The second kappa shape index (κ2) is 9.73. The van der Waals surface area contributed by atoms with Gasteiger partial charge in [-0.05, 0) is 41.5 Å². The monoisotopic (exact) mass is 512 g/mol. The number of carbonyl (C=O) groups excluding carboxylic acids is 4. The molecule has 0 unspecified atom stereocenters. The number of nitrogens with one attached hydrogen (secondary N) is 3. The third-order valence-electron chi connectivity index (χ3n) is 4.29. The Bertz CT molecular complexity index is 1040. The highest BCUT2D eigenvalue weighted by Gasteiger charge is 2.56. The van der Waals surface area contributed by atoms with Crippen molar-refractivity contribution in [2.24, 2.45) is 5.16 Å². The molecule has 2 heterocycles. The van der Waals surface area contributed by atoms with E-state index in [0.717, 1.165) is 11.5 Å². The molecule has 192 valence electrons. The van der Waals surface area contributed by atoms with E-state index in [-0.39, 0.29) is 17.6 Å². The van der Waals surface area contributed by atoms with Gasteiger partial charge in [0.1, 0.15) is 23.9 Å². The summed E-state index contributed by atoms with van der Waals surface area (Å²) < 4.78 is 14.6. The van der Waals surface area contributed by atoms with Gasteiger partial charge in [0.2, 0.25) is 22.3 Å². The van der Waals surface area contributed by atoms with Crippen LogP contribution >= 0.6 is 11.5 Å². The fraction of sp³-hybridized carbons (Fsp3) is 0.650. The van der Waals surface area contributed by atoms with Gasteiger partial charge in [-0.15, -0.1) is 0 Å². The molecule has 1 aliphatic heterocycles. The molecular weight excluding hydrogens is 484 g/mol. The minimum absolute atomic E-state index is 0.0324. The molecule has 1 atom stereocenters. The molecule has 1 saturated carbocycles. The fourth-order valence-corrected chi connectivity index (χ4v) is 3.13. The van der Waals surface area contributed by atoms with Crippen molar-refractivity contribution in [3.63, 3.8) is 0 Å². The molecule has 1 saturated heterocycles. The molecule has 1 aromatic rings. The molecule has 0 bridgehead atoms. The summed E-state index contributed by atoms with van der Waals surface area (Å²) in [6, 6.07) is -0.980. The van der Waals surface area contributed by atoms with Crippen LogP contribution in [0.4, 0.5) is 9.93 Å². The number of nitrogens with zero attached hydrogens (tertiary/aromatic N) is 3. The zero-order valence-corrected chi connectivity index (χ0v) is 21.0. The van der Waals surface area contributed by atoms with E-state index in [2.05, 4.69) is 30.6 Å². The van der Waals surface area contributed by atoms with E-state index in [9.17, 15) is 19.2 Å². The summed E-state index contributed by atoms with van der Waals surface area (Å²) in [5.74, 6) is -2.21. The molecule has 1 aromatic heterocycles. The van der Waals surface area contributed by atoms with Crippen LogP contribution in [0.1, 0.15) is 60.2 Å². The summed E-state index contributed by atoms with van der Waals surface area (Å²) in [5.41, 5.74) is -1.09. The minimum atomic E-state index is -1.33. The number of hydroxylamine groups is 1. The van der Waals surface area contributed by atoms with Crippen LogP contribution in [-0.2, 0) is 33.5 Å². The molecular formula is C20H28N6O8S. The van der Waals surface area contributed by atoms with Crippen LogP contribution in [0, 0.1) is 0 Å². The van der Waals surface area contributed by atoms with Crippen molar-refractivity contribution in [3.05, 3.63) is 5.82 Å². The molecule has 2 aliphatic rings. The molecule has 14 nitrogen and oxygen atoms in total. The largest absolute Gasteiger partial charge is 0.457 e. The number of oxime groups is 1. The second-order valence-corrected chi connectivity index (χ2v) is 10.6. The fourth-order valence-electron chi connectivity index (χ4n) is 2.57. The van der Waals surface area contributed by atoms with Gasteiger partial charge in [-0.1, -0.05) is 5.16 Å². The topological polar surface area (TPSA) is 179 Å². The molecule has 0 radical (unpaired) electrons. The highest BCUT2D eigenvalue weighted by atomic mass is 32.1. The van der Waals surface area contributed by atoms with Gasteiger partial charge in [-0.2, -0.15) is 9.36 Å². The third-order valence-corrected chi connectivity index (χ3v) is 4.92. The Kier molecular flexibility index (Phi) is 7.31. The average molecular weight is 513 g/mol. The predicted octanol–water partition coefficient (Wildman–Crippen LogP) is 1.03. The Balaban J connectivity index is 1.80. The molecule has 3 rings (SSSR count). The Hall–Kier alpha value is -3.33. The number of ether oxygens (including phenoxy) is 2. The van der Waals surface area contributed by atoms with E-state index >= 15 is 0 Å². The van der Waals surface area contributed by atoms with Gasteiger partial charge in [0, 0.05) is 24.4 Å². The Morgan fingerprint density at radius 3 is 2.34 bits per heavy atom. The highest BCUT2D eigenvalue weighted by Crippen LogP contribution is 2.42. The molecule has 1 aliphatic carbocycles. The minimum Gasteiger partial charge on any atom is -0.457 e. The van der Waals surface area contributed by atoms with E-state index in [1.54, 1.807) is 41.5 Å². The van der Waals surface area contributed by atoms with Crippen LogP contribution in [0.5, 0.6) is 0 Å². The maximum Gasteiger partial charge on any atom is 0.414 e. The summed E-state index contributed by atoms with van der Waals surface area (Å²) in [6.07, 6.45) is -0.0782. The lowest BCUT2D eigenvalue weighted by Crippen LogP contribution is -2.45. The summed E-state index contributed by atoms with van der Waals surface area (Å²) in [6.45, 7) is 10.2. The number of aromatic nitrogens is 2. The van der Waals surface area contributed by atoms with Crippen molar-refractivity contribution in [2.45, 2.75) is 77.2 Å². The molecule has 0 spiro atoms. The summed E-state index contributed by atoms with van der Waals surface area (Å²) in [4.78, 5) is 63.7. The SMILES string of the molecule is CC(C)(C)OC(=O)Nc1nc(/C(=N/OC2(C(=O)OC(C)(C)C)CC2)C(=O)N[C@H]2CONC2=O)ns1. The molecule has 0 aromatic carbocycles. The number of rotatable bonds is 7. The second-order valence-electron chi connectivity index (χ2n) is 9.88. The van der Waals surface area contributed by atoms with Crippen molar-refractivity contribution in [3.8, 4) is 0 Å². The van der Waals surface area contributed by atoms with Crippen LogP contribution in [0.2, 0.25) is 0 Å². The first kappa shape index (κ1) is 26.3. The number of hydrogen-bond donors (Lipinski definition) is 3. The number of anilines is 1. The van der Waals surface area contributed by atoms with E-state index in [1.165, 1.54) is 0 Å². The van der Waals surface area contributed by atoms with Crippen LogP contribution in [-0.4, -0.2) is 68.4 Å². The highest BCUT2D eigenvalue weighted by molar-refractivity contribution is 7.10. The van der Waals surface area contributed by atoms with Crippen LogP contribution in [0.3, 0.4) is 0 Å². The molecule has 15 heteroatoms. The summed E-state index contributed by atoms with van der Waals surface area (Å²) in [5, 5.41) is 8.76. The van der Waals surface area contributed by atoms with Gasteiger partial charge >= 0.3 is 12.1 Å². The lowest BCUT2D eigenvalue weighted by molar-refractivity contribution is -0.172. The van der Waals surface area contributed by atoms with Crippen LogP contribution in [0.25, 0.3) is 0 Å². The van der Waals surface area contributed by atoms with Gasteiger partial charge in [0.15, 0.2) is 0 Å². The zero-order valence-electron chi connectivity index (χ0n) is 20.2. The van der Waals surface area contributed by atoms with Crippen molar-refractivity contribution in [1.29, 1.82) is 0 Å². The Morgan fingerprint density at radius 2 is 1.80 bits per heavy atom. The first-order valence-corrected chi connectivity index (χ1v) is 11.5. The van der Waals surface area contributed by atoms with Crippen molar-refractivity contribution in [1.82, 2.24) is 20.2 Å². The lowest BCUT2D eigenvalue weighted by Gasteiger charge is -2.22. The van der Waals surface area contributed by atoms with Crippen molar-refractivity contribution >= 4 is 46.3 Å². The number of carbonyl (C=O) groups is 4. The van der Waals surface area contributed by atoms with E-state index < -0.39 is 52.4 Å². The average Bonchev–Trinajstić information content (AvgIpc) is 3.19. The smallest absolute Gasteiger partial charge is 0.414 e. The third kappa shape index (κ3) is 7.32. The molecule has 3 N–H and O–H groups in total. The molecule has 2 fully saturated rings. The van der Waals surface area contributed by atoms with Crippen molar-refractivity contribution < 1.29 is 38.3 Å². The normalized spacial score (nSPS) is 19.4. The number of amides is 3. The summed E-state index contributed by atoms with van der Waals surface area (Å²) in [7, 11) is 0. The van der Waals surface area contributed by atoms with E-state index in [4.69, 9.17) is 19.1 Å². The number of hydrogen-bond acceptors (Lipinski definition) is 12. The quantitative estimate of drug-likeness (QED) is 0.271. The Morgan fingerprint density at radius 1 is 1.14 bits per heavy atom. The van der Waals surface area contributed by atoms with Crippen molar-refractivity contribution in [2.75, 3.05) is 11.9 Å². The van der Waals surface area contributed by atoms with Crippen LogP contribution in [0.15, 0.2) is 5.16 Å². The zero-order chi connectivity index (χ0) is 26.0. The Labute approximate surface area is 205 Å². The summed E-state index contributed by atoms with van der Waals surface area (Å²) >= 11 is 0.771. The maximum absolute atomic E-state index is 12.9.